The summed E-state index contributed by atoms with van der Waals surface area (Å²) in [5.41, 5.74) is 13.6. The number of ketones is 2. The van der Waals surface area contributed by atoms with Crippen LogP contribution in [0.2, 0.25) is 5.15 Å². The van der Waals surface area contributed by atoms with E-state index in [9.17, 15) is 37.1 Å². The van der Waals surface area contributed by atoms with Crippen LogP contribution in [-0.2, 0) is 0 Å². The van der Waals surface area contributed by atoms with Crippen LogP contribution < -0.4 is 56.9 Å². The third kappa shape index (κ3) is 20.9. The second kappa shape index (κ2) is 31.7. The van der Waals surface area contributed by atoms with Crippen molar-refractivity contribution in [3.63, 3.8) is 0 Å². The zero-order valence-corrected chi connectivity index (χ0v) is 45.9. The van der Waals surface area contributed by atoms with Gasteiger partial charge in [0.05, 0.1) is 39.2 Å². The Balaban J connectivity index is 0.000000279. The van der Waals surface area contributed by atoms with Crippen LogP contribution in [0.5, 0.6) is 0 Å². The summed E-state index contributed by atoms with van der Waals surface area (Å²) in [6.45, 7) is 3.01. The van der Waals surface area contributed by atoms with Crippen molar-refractivity contribution in [2.45, 2.75) is 70.5 Å². The number of hydrogen-bond donors (Lipinski definition) is 8. The van der Waals surface area contributed by atoms with Crippen LogP contribution in [0.1, 0.15) is 100 Å². The van der Waals surface area contributed by atoms with Gasteiger partial charge in [0.2, 0.25) is 0 Å². The predicted molar refractivity (Wildman–Crippen MR) is 294 cm³/mol. The van der Waals surface area contributed by atoms with Crippen molar-refractivity contribution in [2.75, 3.05) is 38.1 Å². The van der Waals surface area contributed by atoms with E-state index in [0.717, 1.165) is 62.4 Å². The Morgan fingerprint density at radius 2 is 0.915 bits per heavy atom. The van der Waals surface area contributed by atoms with Crippen molar-refractivity contribution in [3.05, 3.63) is 152 Å². The number of Topliss-reactive ketones (excluding diaryl/α,β-unsaturated/α-hetero) is 2. The van der Waals surface area contributed by atoms with Gasteiger partial charge in [-0.05, 0) is 98.6 Å². The molecule has 7 aromatic rings. The number of nitrogen functional groups attached to an aromatic ring is 2. The summed E-state index contributed by atoms with van der Waals surface area (Å²) in [4.78, 5) is 60.8. The number of anilines is 9. The average molecular weight is 1210 g/mol. The molecular weight excluding hydrogens is 1160 g/mol. The normalized spacial score (nSPS) is 12.2. The van der Waals surface area contributed by atoms with Crippen LogP contribution in [-0.4, -0.2) is 86.6 Å². The number of aromatic carboxylic acids is 1. The minimum atomic E-state index is -1.09. The first-order valence-electron chi connectivity index (χ1n) is 23.5. The second-order valence-corrected chi connectivity index (χ2v) is 18.6. The third-order valence-electron chi connectivity index (χ3n) is 10.7. The largest absolute Gasteiger partial charge is 1.00 e. The van der Waals surface area contributed by atoms with Gasteiger partial charge in [-0.15, -0.1) is 0 Å². The van der Waals surface area contributed by atoms with Crippen molar-refractivity contribution in [2.24, 2.45) is 0 Å². The van der Waals surface area contributed by atoms with Gasteiger partial charge in [0.15, 0.2) is 58.1 Å². The molecule has 3 fully saturated rings. The van der Waals surface area contributed by atoms with E-state index >= 15 is 0 Å². The Hall–Kier alpha value is -9.06. The number of hydrogen-bond acceptors (Lipinski definition) is 21. The van der Waals surface area contributed by atoms with Crippen LogP contribution in [0.25, 0.3) is 0 Å². The monoisotopic (exact) mass is 1200 g/mol. The molecule has 13 N–H and O–H groups in total. The number of pyridine rings is 7. The molecule has 420 valence electrons. The van der Waals surface area contributed by atoms with E-state index in [2.05, 4.69) is 77.4 Å². The summed E-state index contributed by atoms with van der Waals surface area (Å²) >= 11 is 8.80. The molecule has 7 aromatic heterocycles. The molecule has 23 nitrogen and oxygen atoms in total. The molecule has 0 bridgehead atoms. The Bertz CT molecular complexity index is 3410. The van der Waals surface area contributed by atoms with Gasteiger partial charge in [-0.1, -0.05) is 11.6 Å². The number of carboxylic acid groups (broad SMARTS) is 1. The molecule has 30 heteroatoms. The molecule has 3 aliphatic rings. The molecule has 0 amide bonds. The summed E-state index contributed by atoms with van der Waals surface area (Å²) in [7, 11) is 0. The van der Waals surface area contributed by atoms with Crippen LogP contribution in [0.15, 0.2) is 90.3 Å². The first-order chi connectivity index (χ1) is 37.7. The molecule has 82 heavy (non-hydrogen) atoms. The van der Waals surface area contributed by atoms with Gasteiger partial charge in [-0.2, -0.15) is 15.8 Å². The maximum atomic E-state index is 13.9. The number of aromatic nitrogens is 7. The van der Waals surface area contributed by atoms with Gasteiger partial charge in [0.25, 0.3) is 0 Å². The fourth-order valence-electron chi connectivity index (χ4n) is 6.27. The summed E-state index contributed by atoms with van der Waals surface area (Å²) < 4.78 is 53.1. The van der Waals surface area contributed by atoms with E-state index in [1.165, 1.54) is 69.4 Å². The topological polar surface area (TPSA) is 407 Å². The minimum Gasteiger partial charge on any atom is -0.870 e. The molecule has 7 heterocycles. The third-order valence-corrected chi connectivity index (χ3v) is 11.4. The summed E-state index contributed by atoms with van der Waals surface area (Å²) in [5.74, 6) is -3.38. The quantitative estimate of drug-likeness (QED) is 0.0273. The molecule has 0 atom stereocenters. The molecule has 0 aliphatic heterocycles. The van der Waals surface area contributed by atoms with E-state index in [1.54, 1.807) is 24.3 Å². The van der Waals surface area contributed by atoms with E-state index in [-0.39, 0.29) is 98.8 Å². The van der Waals surface area contributed by atoms with Crippen LogP contribution in [0, 0.1) is 57.3 Å². The van der Waals surface area contributed by atoms with Gasteiger partial charge in [-0.3, -0.25) is 9.59 Å². The Morgan fingerprint density at radius 1 is 0.561 bits per heavy atom. The first kappa shape index (κ1) is 67.2. The van der Waals surface area contributed by atoms with Crippen molar-refractivity contribution < 1.29 is 66.9 Å². The number of nitrogens with zero attached hydrogens (tertiary/aromatic N) is 10. The number of nitrogens with two attached hydrogens (primary N) is 2. The molecule has 0 radical (unpaired) electrons. The van der Waals surface area contributed by atoms with Crippen molar-refractivity contribution >= 4 is 97.0 Å². The maximum Gasteiger partial charge on any atom is 1.00 e. The van der Waals surface area contributed by atoms with Gasteiger partial charge in [-0.25, -0.2) is 57.2 Å². The zero-order chi connectivity index (χ0) is 57.3. The Morgan fingerprint density at radius 3 is 1.27 bits per heavy atom. The van der Waals surface area contributed by atoms with Crippen molar-refractivity contribution in [3.8, 4) is 18.2 Å². The van der Waals surface area contributed by atoms with Gasteiger partial charge >= 0.3 is 24.8 Å². The SMILES string of the molecule is CC(=O)c1cnc(Cl)cc1NC1CC1.CC(=O)c1cnc(Nc2ncc(C#N)cc2F)cc1NC1CC1.N#Cc1cnc(N)c(F)c1.N#Cc1cnc(Nc2cc(NC3CC3)c(C(=O)O)cn2)c(F)c1.Nc1ncc(Br)cc1F.O.[Li+].[OH-]. The Labute approximate surface area is 490 Å². The molecular formula is C52H48BrClF4LiN17O6. The zero-order valence-electron chi connectivity index (χ0n) is 43.6. The molecule has 3 aliphatic carbocycles. The average Bonchev–Trinajstić information content (AvgIpc) is 4.30. The number of halogens is 6. The van der Waals surface area contributed by atoms with Crippen LogP contribution in [0.3, 0.4) is 0 Å². The van der Waals surface area contributed by atoms with Crippen molar-refractivity contribution in [1.82, 2.24) is 34.9 Å². The number of nitriles is 3. The molecule has 10 rings (SSSR count). The predicted octanol–water partition coefficient (Wildman–Crippen LogP) is 6.27. The smallest absolute Gasteiger partial charge is 0.870 e. The van der Waals surface area contributed by atoms with Crippen LogP contribution >= 0.6 is 27.5 Å². The fraction of sp³-hybridized carbons (Fsp3) is 0.212. The van der Waals surface area contributed by atoms with Crippen molar-refractivity contribution in [1.29, 1.82) is 15.8 Å². The van der Waals surface area contributed by atoms with E-state index in [1.807, 2.05) is 6.07 Å². The molecule has 0 unspecified atom stereocenters. The van der Waals surface area contributed by atoms with Gasteiger partial charge < -0.3 is 54.1 Å². The minimum absolute atomic E-state index is 0. The summed E-state index contributed by atoms with van der Waals surface area (Å²) in [6, 6.07) is 15.8. The standard InChI is InChI=1S/C16H14FN5O.C15H12FN5O2.C10H11ClN2O.C6H4FN3.C5H4BrFN2.Li.2H2O/c1-9(23)12-8-19-15(5-14(12)21-11-2-3-11)22-16-13(17)4-10(6-18)7-20-16;16-11-3-8(5-17)6-19-14(11)21-13-4-12(20-9-1-2-9)10(7-18-13)15(22)23;1-6(14)8-5-12-10(11)4-9(8)13-7-2-3-7;7-5-1-4(2-8)3-10-6(5)9;6-3-1-4(7)5(8)9-2-3;;;/h4-5,7-8,11H,2-3H2,1H3,(H2,19,20,21,22);3-4,6-7,9H,1-2H2,(H,22,23)(H2,18,19,20,21);4-5,7H,2-3H2,1H3,(H,12,13);1,3H,(H2,9,10);1-2H,(H2,8,9);;2*1H2/q;;;;;+1;;/p-1. The van der Waals surface area contributed by atoms with E-state index in [4.69, 9.17) is 38.9 Å². The summed E-state index contributed by atoms with van der Waals surface area (Å²) in [5, 5.41) is 50.4. The van der Waals surface area contributed by atoms with Crippen LogP contribution in [0.4, 0.5) is 69.5 Å². The fourth-order valence-corrected chi connectivity index (χ4v) is 6.73. The number of rotatable bonds is 13. The number of nitrogens with one attached hydrogen (secondary N) is 5. The number of carbonyl (C=O) groups is 3. The maximum absolute atomic E-state index is 13.9. The van der Waals surface area contributed by atoms with E-state index in [0.29, 0.717) is 50.0 Å². The number of carboxylic acids is 1. The van der Waals surface area contributed by atoms with Gasteiger partial charge in [0, 0.05) is 83.8 Å². The van der Waals surface area contributed by atoms with E-state index < -0.39 is 29.2 Å². The number of carbonyl (C=O) groups excluding carboxylic acids is 2. The second-order valence-electron chi connectivity index (χ2n) is 17.3. The molecule has 0 aromatic carbocycles. The molecule has 0 saturated heterocycles. The first-order valence-corrected chi connectivity index (χ1v) is 24.6. The molecule has 3 saturated carbocycles. The van der Waals surface area contributed by atoms with Gasteiger partial charge in [0.1, 0.15) is 40.6 Å². The molecule has 0 spiro atoms. The summed E-state index contributed by atoms with van der Waals surface area (Å²) in [6.07, 6.45) is 15.8. The Kier molecular flexibility index (Phi) is 25.9.